The van der Waals surface area contributed by atoms with Crippen LogP contribution in [-0.4, -0.2) is 97.6 Å². The molecule has 5 N–H and O–H groups in total. The van der Waals surface area contributed by atoms with E-state index in [4.69, 9.17) is 11.5 Å². The third-order valence-corrected chi connectivity index (χ3v) is 11.4. The Morgan fingerprint density at radius 3 is 2.29 bits per heavy atom. The number of amides is 3. The minimum atomic E-state index is -2.25. The first-order valence-electron chi connectivity index (χ1n) is 18.1. The summed E-state index contributed by atoms with van der Waals surface area (Å²) in [6.07, 6.45) is 11.0. The Morgan fingerprint density at radius 2 is 1.71 bits per heavy atom. The fourth-order valence-electron chi connectivity index (χ4n) is 8.77. The zero-order chi connectivity index (χ0) is 35.7. The number of nitrogens with two attached hydrogens (primary N) is 2. The molecule has 4 fully saturated rings. The number of hydrogen-bond acceptors (Lipinski definition) is 11. The second kappa shape index (κ2) is 14.4. The molecule has 5 rings (SSSR count). The second-order valence-electron chi connectivity index (χ2n) is 15.5. The molecule has 3 saturated carbocycles. The molecule has 1 aliphatic heterocycles. The van der Waals surface area contributed by atoms with Crippen molar-refractivity contribution in [1.29, 1.82) is 0 Å². The summed E-state index contributed by atoms with van der Waals surface area (Å²) in [6.45, 7) is 7.02. The minimum Gasteiger partial charge on any atom is -0.347 e. The summed E-state index contributed by atoms with van der Waals surface area (Å²) in [5.41, 5.74) is 8.07. The number of nitrogens with zero attached hydrogens (tertiary/aromatic N) is 4. The Morgan fingerprint density at radius 1 is 1.02 bits per heavy atom. The van der Waals surface area contributed by atoms with Crippen molar-refractivity contribution < 1.29 is 28.8 Å². The van der Waals surface area contributed by atoms with Crippen molar-refractivity contribution in [2.45, 2.75) is 134 Å². The zero-order valence-electron chi connectivity index (χ0n) is 29.4. The Hall–Kier alpha value is -3.42. The Bertz CT molecular complexity index is 1450. The van der Waals surface area contributed by atoms with Crippen molar-refractivity contribution >= 4 is 35.1 Å². The van der Waals surface area contributed by atoms with Gasteiger partial charge in [0.05, 0.1) is 24.2 Å². The summed E-state index contributed by atoms with van der Waals surface area (Å²) in [5, 5.41) is 2.70. The Balaban J connectivity index is 1.81. The number of hydrogen-bond donors (Lipinski definition) is 3. The van der Waals surface area contributed by atoms with E-state index in [0.29, 0.717) is 32.1 Å². The highest BCUT2D eigenvalue weighted by atomic mass is 16.2. The van der Waals surface area contributed by atoms with Crippen LogP contribution in [0.4, 0.5) is 0 Å². The maximum atomic E-state index is 16.1. The summed E-state index contributed by atoms with van der Waals surface area (Å²) in [4.78, 5) is 99.3. The van der Waals surface area contributed by atoms with Gasteiger partial charge < -0.3 is 16.8 Å². The molecule has 3 aliphatic carbocycles. The van der Waals surface area contributed by atoms with Gasteiger partial charge in [-0.3, -0.25) is 43.6 Å². The highest BCUT2D eigenvalue weighted by Crippen LogP contribution is 2.61. The number of aromatic nitrogens is 2. The zero-order valence-corrected chi connectivity index (χ0v) is 29.4. The number of nitrogens with one attached hydrogen (secondary N) is 1. The number of fused-ring (bicyclic) bond motifs is 1. The lowest BCUT2D eigenvalue weighted by Gasteiger charge is -2.52. The molecule has 268 valence electrons. The molecular formula is C36H53N7O6. The van der Waals surface area contributed by atoms with E-state index in [1.54, 1.807) is 27.7 Å². The summed E-state index contributed by atoms with van der Waals surface area (Å²) in [6, 6.07) is -3.21. The molecule has 13 heteroatoms. The lowest BCUT2D eigenvalue weighted by atomic mass is 9.58. The van der Waals surface area contributed by atoms with Gasteiger partial charge in [0.1, 0.15) is 11.7 Å². The number of Topliss-reactive ketones (excluding diaryl/α,β-unsaturated/α-hetero) is 3. The van der Waals surface area contributed by atoms with Crippen molar-refractivity contribution in [3.8, 4) is 0 Å². The van der Waals surface area contributed by atoms with E-state index in [0.717, 1.165) is 37.0 Å². The number of imide groups is 1. The van der Waals surface area contributed by atoms with Crippen molar-refractivity contribution in [3.05, 3.63) is 24.3 Å². The molecule has 5 atom stereocenters. The molecule has 1 aromatic rings. The summed E-state index contributed by atoms with van der Waals surface area (Å²) < 4.78 is 0. The molecule has 49 heavy (non-hydrogen) atoms. The molecule has 13 nitrogen and oxygen atoms in total. The summed E-state index contributed by atoms with van der Waals surface area (Å²) >= 11 is 0. The lowest BCUT2D eigenvalue weighted by molar-refractivity contribution is -0.168. The maximum absolute atomic E-state index is 16.1. The third kappa shape index (κ3) is 6.38. The predicted octanol–water partition coefficient (Wildman–Crippen LogP) is 2.11. The van der Waals surface area contributed by atoms with E-state index < -0.39 is 76.0 Å². The smallest absolute Gasteiger partial charge is 0.289 e. The average molecular weight is 680 g/mol. The van der Waals surface area contributed by atoms with Crippen LogP contribution in [0.15, 0.2) is 18.6 Å². The molecule has 4 aliphatic rings. The van der Waals surface area contributed by atoms with Crippen LogP contribution in [0.1, 0.15) is 115 Å². The molecule has 2 heterocycles. The monoisotopic (exact) mass is 679 g/mol. The fourth-order valence-corrected chi connectivity index (χ4v) is 8.77. The van der Waals surface area contributed by atoms with E-state index in [-0.39, 0.29) is 37.2 Å². The Labute approximate surface area is 288 Å². The van der Waals surface area contributed by atoms with Crippen LogP contribution in [0.5, 0.6) is 0 Å². The Kier molecular flexibility index (Phi) is 10.9. The SMILES string of the molecule is CCCC(C(=O)C(=O)NC1CC1)N(C(=O)c1cnccn1)C(=O)[C@]1(C(=O)[C@@H](N)C(C)(C)C)N(C2CCCCC2)C[C@@H]2CCC[C@]21C(=O)CN. The van der Waals surface area contributed by atoms with E-state index in [1.807, 2.05) is 4.90 Å². The van der Waals surface area contributed by atoms with Gasteiger partial charge in [-0.25, -0.2) is 4.98 Å². The van der Waals surface area contributed by atoms with Crippen molar-refractivity contribution in [2.24, 2.45) is 28.2 Å². The van der Waals surface area contributed by atoms with Gasteiger partial charge in [-0.05, 0) is 56.3 Å². The molecule has 0 aromatic carbocycles. The topological polar surface area (TPSA) is 199 Å². The van der Waals surface area contributed by atoms with Gasteiger partial charge >= 0.3 is 0 Å². The quantitative estimate of drug-likeness (QED) is 0.157. The summed E-state index contributed by atoms with van der Waals surface area (Å²) in [5.74, 6) is -5.35. The first kappa shape index (κ1) is 36.9. The first-order valence-corrected chi connectivity index (χ1v) is 18.1. The van der Waals surface area contributed by atoms with E-state index in [1.165, 1.54) is 18.6 Å². The van der Waals surface area contributed by atoms with E-state index >= 15 is 9.59 Å². The van der Waals surface area contributed by atoms with Gasteiger partial charge in [0.15, 0.2) is 17.1 Å². The molecule has 3 amide bonds. The lowest BCUT2D eigenvalue weighted by Crippen LogP contribution is -2.77. The van der Waals surface area contributed by atoms with Crippen molar-refractivity contribution in [3.63, 3.8) is 0 Å². The number of ketones is 3. The number of carbonyl (C=O) groups excluding carboxylic acids is 6. The third-order valence-electron chi connectivity index (χ3n) is 11.4. The van der Waals surface area contributed by atoms with Crippen molar-refractivity contribution in [1.82, 2.24) is 25.1 Å². The van der Waals surface area contributed by atoms with Crippen LogP contribution in [0.2, 0.25) is 0 Å². The molecule has 1 unspecified atom stereocenters. The maximum Gasteiger partial charge on any atom is 0.289 e. The fraction of sp³-hybridized carbons (Fsp3) is 0.722. The summed E-state index contributed by atoms with van der Waals surface area (Å²) in [7, 11) is 0. The first-order chi connectivity index (χ1) is 23.3. The van der Waals surface area contributed by atoms with Gasteiger partial charge in [0.25, 0.3) is 17.7 Å². The predicted molar refractivity (Wildman–Crippen MR) is 181 cm³/mol. The second-order valence-corrected chi connectivity index (χ2v) is 15.5. The van der Waals surface area contributed by atoms with Crippen LogP contribution < -0.4 is 16.8 Å². The standard InChI is InChI=1S/C36H53N7O6/c1-5-10-26(28(45)31(47)41-23-14-15-23)43(32(48)25-20-39-17-18-40-25)33(49)36(30(46)29(38)34(2,3)4)35(27(44)19-37)16-9-11-22(35)21-42(36)24-12-7-6-8-13-24/h17-18,20,22-24,26,29H,5-16,19,21,37-38H2,1-4H3,(H,41,47)/t22-,26?,29+,35+,36-/m0/s1. The van der Waals surface area contributed by atoms with Gasteiger partial charge in [-0.15, -0.1) is 0 Å². The molecular weight excluding hydrogens is 626 g/mol. The molecule has 1 aromatic heterocycles. The van der Waals surface area contributed by atoms with Crippen LogP contribution in [0.25, 0.3) is 0 Å². The highest BCUT2D eigenvalue weighted by Gasteiger charge is 2.77. The number of carbonyl (C=O) groups is 6. The molecule has 0 radical (unpaired) electrons. The minimum absolute atomic E-state index is 0.0467. The molecule has 0 spiro atoms. The highest BCUT2D eigenvalue weighted by molar-refractivity contribution is 6.39. The van der Waals surface area contributed by atoms with E-state index in [9.17, 15) is 19.2 Å². The van der Waals surface area contributed by atoms with Crippen LogP contribution >= 0.6 is 0 Å². The normalized spacial score (nSPS) is 27.2. The van der Waals surface area contributed by atoms with Gasteiger partial charge in [0, 0.05) is 31.0 Å². The average Bonchev–Trinajstić information content (AvgIpc) is 3.73. The number of rotatable bonds is 13. The van der Waals surface area contributed by atoms with Crippen LogP contribution in [0, 0.1) is 16.7 Å². The van der Waals surface area contributed by atoms with Gasteiger partial charge in [0.2, 0.25) is 5.78 Å². The van der Waals surface area contributed by atoms with Gasteiger partial charge in [-0.2, -0.15) is 0 Å². The molecule has 1 saturated heterocycles. The van der Waals surface area contributed by atoms with Crippen molar-refractivity contribution in [2.75, 3.05) is 13.1 Å². The number of likely N-dealkylation sites (tertiary alicyclic amines) is 1. The molecule has 0 bridgehead atoms. The largest absolute Gasteiger partial charge is 0.347 e. The van der Waals surface area contributed by atoms with Gasteiger partial charge in [-0.1, -0.05) is 59.8 Å². The van der Waals surface area contributed by atoms with Crippen LogP contribution in [0.3, 0.4) is 0 Å². The van der Waals surface area contributed by atoms with E-state index in [2.05, 4.69) is 15.3 Å². The van der Waals surface area contributed by atoms with Crippen LogP contribution in [-0.2, 0) is 24.0 Å².